The van der Waals surface area contributed by atoms with E-state index in [0.29, 0.717) is 0 Å². The first-order valence-corrected chi connectivity index (χ1v) is 3.33. The fraction of sp³-hybridized carbons (Fsp3) is 0. The maximum Gasteiger partial charge on any atom is 0 e. The van der Waals surface area contributed by atoms with E-state index in [4.69, 9.17) is 0 Å². The van der Waals surface area contributed by atoms with Gasteiger partial charge in [-0.2, -0.15) is 18.2 Å². The minimum absolute atomic E-state index is 0. The fourth-order valence-corrected chi connectivity index (χ4v) is 0.642. The van der Waals surface area contributed by atoms with Gasteiger partial charge in [-0.05, 0) is 0 Å². The third-order valence-corrected chi connectivity index (χ3v) is 1.11. The molecule has 0 spiro atoms. The Bertz CT molecular complexity index is 144. The van der Waals surface area contributed by atoms with E-state index >= 15 is 0 Å². The number of rotatable bonds is 0. The van der Waals surface area contributed by atoms with E-state index in [0.717, 1.165) is 0 Å². The van der Waals surface area contributed by atoms with Crippen molar-refractivity contribution in [1.82, 2.24) is 0 Å². The first-order chi connectivity index (χ1) is 5.00. The molecule has 0 heterocycles. The maximum atomic E-state index is 2.00. The van der Waals surface area contributed by atoms with E-state index in [-0.39, 0.29) is 21.7 Å². The standard InChI is InChI=1S/2C5H5.Ti/c2*1-2-4-5-3-1;/h2*1-5H;/q-5;-1;. The van der Waals surface area contributed by atoms with Gasteiger partial charge in [0, 0.05) is 21.7 Å². The molecule has 0 aliphatic rings. The summed E-state index contributed by atoms with van der Waals surface area (Å²) in [4.78, 5) is 0. The summed E-state index contributed by atoms with van der Waals surface area (Å²) in [6.45, 7) is 0. The zero-order valence-corrected chi connectivity index (χ0v) is 7.84. The molecule has 0 N–H and O–H groups in total. The van der Waals surface area contributed by atoms with Gasteiger partial charge in [0.2, 0.25) is 0 Å². The minimum Gasteiger partial charge on any atom is -0.748 e. The van der Waals surface area contributed by atoms with Crippen molar-refractivity contribution in [2.45, 2.75) is 0 Å². The van der Waals surface area contributed by atoms with Crippen LogP contribution < -0.4 is 0 Å². The third-order valence-electron chi connectivity index (χ3n) is 1.11. The number of hydrogen-bond acceptors (Lipinski definition) is 0. The Morgan fingerprint density at radius 3 is 1.18 bits per heavy atom. The predicted octanol–water partition coefficient (Wildman–Crippen LogP) is 2.81. The van der Waals surface area contributed by atoms with Gasteiger partial charge in [0.05, 0.1) is 0 Å². The molecule has 0 radical (unpaired) electrons. The monoisotopic (exact) mass is 178 g/mol. The maximum absolute atomic E-state index is 2.00. The van der Waals surface area contributed by atoms with Crippen LogP contribution in [-0.4, -0.2) is 0 Å². The average molecular weight is 178 g/mol. The molecule has 2 rings (SSSR count). The smallest absolute Gasteiger partial charge is 0 e. The summed E-state index contributed by atoms with van der Waals surface area (Å²) < 4.78 is 0. The van der Waals surface area contributed by atoms with Crippen molar-refractivity contribution >= 4 is 0 Å². The second-order valence-electron chi connectivity index (χ2n) is 1.92. The van der Waals surface area contributed by atoms with Crippen LogP contribution in [0.15, 0.2) is 60.7 Å². The van der Waals surface area contributed by atoms with E-state index < -0.39 is 0 Å². The quantitative estimate of drug-likeness (QED) is 0.429. The van der Waals surface area contributed by atoms with Gasteiger partial charge in [-0.3, -0.25) is 0 Å². The molecular weight excluding hydrogens is 168 g/mol. The Kier molecular flexibility index (Phi) is 7.12. The van der Waals surface area contributed by atoms with Gasteiger partial charge in [-0.25, -0.2) is 12.1 Å². The molecule has 0 atom stereocenters. The molecule has 0 bridgehead atoms. The first kappa shape index (κ1) is 10.4. The summed E-state index contributed by atoms with van der Waals surface area (Å²) in [6.07, 6.45) is 0. The molecule has 0 nitrogen and oxygen atoms in total. The molecule has 2 aromatic rings. The zero-order chi connectivity index (χ0) is 7.07. The van der Waals surface area contributed by atoms with E-state index in [9.17, 15) is 0 Å². The van der Waals surface area contributed by atoms with Crippen LogP contribution in [0.3, 0.4) is 0 Å². The normalized spacial score (nSPS) is 7.27. The van der Waals surface area contributed by atoms with Crippen LogP contribution in [0.2, 0.25) is 0 Å². The molecule has 0 aromatic heterocycles. The molecule has 60 valence electrons. The Hall–Kier alpha value is -0.586. The molecule has 2 aromatic carbocycles. The van der Waals surface area contributed by atoms with Crippen molar-refractivity contribution in [2.75, 3.05) is 0 Å². The van der Waals surface area contributed by atoms with Crippen LogP contribution in [-0.2, 0) is 21.7 Å². The first-order valence-electron chi connectivity index (χ1n) is 3.33. The van der Waals surface area contributed by atoms with Crippen molar-refractivity contribution in [3.8, 4) is 0 Å². The van der Waals surface area contributed by atoms with Gasteiger partial charge in [0.1, 0.15) is 0 Å². The Morgan fingerprint density at radius 2 is 1.00 bits per heavy atom. The molecule has 0 aliphatic carbocycles. The Balaban J connectivity index is 0.000000167. The minimum atomic E-state index is 0. The van der Waals surface area contributed by atoms with Crippen molar-refractivity contribution < 1.29 is 21.7 Å². The molecule has 11 heavy (non-hydrogen) atoms. The van der Waals surface area contributed by atoms with Crippen LogP contribution in [0.5, 0.6) is 0 Å². The molecule has 0 unspecified atom stereocenters. The summed E-state index contributed by atoms with van der Waals surface area (Å²) in [5.41, 5.74) is 0. The van der Waals surface area contributed by atoms with Gasteiger partial charge in [-0.15, -0.1) is 0 Å². The molecule has 0 fully saturated rings. The van der Waals surface area contributed by atoms with Crippen molar-refractivity contribution in [2.24, 2.45) is 0 Å². The fourth-order valence-electron chi connectivity index (χ4n) is 0.642. The van der Waals surface area contributed by atoms with Gasteiger partial charge in [-0.1, -0.05) is 0 Å². The second kappa shape index (κ2) is 7.52. The molecule has 0 saturated carbocycles. The topological polar surface area (TPSA) is 0 Å². The predicted molar refractivity (Wildman–Crippen MR) is 44.1 cm³/mol. The van der Waals surface area contributed by atoms with Crippen molar-refractivity contribution in [3.63, 3.8) is 0 Å². The summed E-state index contributed by atoms with van der Waals surface area (Å²) in [7, 11) is 0. The van der Waals surface area contributed by atoms with E-state index in [1.165, 1.54) is 0 Å². The van der Waals surface area contributed by atoms with Gasteiger partial charge in [0.15, 0.2) is 0 Å². The van der Waals surface area contributed by atoms with E-state index in [1.54, 1.807) is 0 Å². The van der Waals surface area contributed by atoms with E-state index in [2.05, 4.69) is 0 Å². The summed E-state index contributed by atoms with van der Waals surface area (Å²) in [5, 5.41) is 0. The molecule has 1 heteroatoms. The number of hydrogen-bond donors (Lipinski definition) is 0. The SMILES string of the molecule is [Ti].[cH-]1[cH-][cH-][cH-][cH-]1.c1cc[cH-]c1. The second-order valence-corrected chi connectivity index (χ2v) is 1.92. The largest absolute Gasteiger partial charge is 0.748 e. The van der Waals surface area contributed by atoms with Crippen molar-refractivity contribution in [3.05, 3.63) is 60.7 Å². The van der Waals surface area contributed by atoms with Gasteiger partial charge >= 0.3 is 0 Å². The summed E-state index contributed by atoms with van der Waals surface area (Å²) in [6, 6.07) is 20.0. The van der Waals surface area contributed by atoms with Crippen LogP contribution in [0.4, 0.5) is 0 Å². The van der Waals surface area contributed by atoms with Crippen LogP contribution in [0, 0.1) is 0 Å². The van der Waals surface area contributed by atoms with E-state index in [1.807, 2.05) is 60.7 Å². The Morgan fingerprint density at radius 1 is 0.636 bits per heavy atom. The molecule has 0 saturated heterocycles. The van der Waals surface area contributed by atoms with Gasteiger partial charge in [0.25, 0.3) is 0 Å². The van der Waals surface area contributed by atoms with Crippen LogP contribution >= 0.6 is 0 Å². The molecule has 0 aliphatic heterocycles. The summed E-state index contributed by atoms with van der Waals surface area (Å²) >= 11 is 0. The van der Waals surface area contributed by atoms with Crippen LogP contribution in [0.1, 0.15) is 0 Å². The zero-order valence-electron chi connectivity index (χ0n) is 6.27. The van der Waals surface area contributed by atoms with Gasteiger partial charge < -0.3 is 30.3 Å². The molecular formula is C10H10Ti-6. The molecule has 0 amide bonds. The van der Waals surface area contributed by atoms with Crippen molar-refractivity contribution in [1.29, 1.82) is 0 Å². The third kappa shape index (κ3) is 5.84. The van der Waals surface area contributed by atoms with Crippen LogP contribution in [0.25, 0.3) is 0 Å². The summed E-state index contributed by atoms with van der Waals surface area (Å²) in [5.74, 6) is 0. The Labute approximate surface area is 82.5 Å². The average Bonchev–Trinajstić information content (AvgIpc) is 2.67.